The molecule has 0 saturated carbocycles. The lowest BCUT2D eigenvalue weighted by Crippen LogP contribution is -2.53. The molecule has 23 heavy (non-hydrogen) atoms. The number of benzene rings is 1. The van der Waals surface area contributed by atoms with Crippen LogP contribution in [0.4, 0.5) is 0 Å². The van der Waals surface area contributed by atoms with Crippen molar-refractivity contribution in [3.05, 3.63) is 35.4 Å². The first-order valence-corrected chi connectivity index (χ1v) is 8.37. The summed E-state index contributed by atoms with van der Waals surface area (Å²) in [7, 11) is 0. The van der Waals surface area contributed by atoms with Crippen molar-refractivity contribution in [1.29, 1.82) is 5.26 Å². The van der Waals surface area contributed by atoms with E-state index >= 15 is 0 Å². The monoisotopic (exact) mass is 313 g/mol. The van der Waals surface area contributed by atoms with Crippen LogP contribution in [0.5, 0.6) is 0 Å². The molecule has 122 valence electrons. The highest BCUT2D eigenvalue weighted by Gasteiger charge is 2.32. The smallest absolute Gasteiger partial charge is 0.240 e. The van der Waals surface area contributed by atoms with E-state index < -0.39 is 0 Å². The lowest BCUT2D eigenvalue weighted by molar-refractivity contribution is -0.142. The molecule has 2 saturated heterocycles. The predicted molar refractivity (Wildman–Crippen MR) is 86.6 cm³/mol. The van der Waals surface area contributed by atoms with E-state index in [9.17, 15) is 4.79 Å². The van der Waals surface area contributed by atoms with Crippen molar-refractivity contribution in [2.45, 2.75) is 31.8 Å². The van der Waals surface area contributed by atoms with Crippen LogP contribution in [0.25, 0.3) is 0 Å². The van der Waals surface area contributed by atoms with Crippen LogP contribution in [0.3, 0.4) is 0 Å². The second-order valence-electron chi connectivity index (χ2n) is 6.23. The summed E-state index contributed by atoms with van der Waals surface area (Å²) in [4.78, 5) is 17.1. The third kappa shape index (κ3) is 3.90. The second-order valence-corrected chi connectivity index (χ2v) is 6.23. The SMILES string of the molecule is N#Cc1ccc(CN2CCCC[C@H]2C(=O)N2CCOCC2)cc1. The van der Waals surface area contributed by atoms with Crippen molar-refractivity contribution in [3.63, 3.8) is 0 Å². The molecule has 2 fully saturated rings. The van der Waals surface area contributed by atoms with Crippen LogP contribution in [0, 0.1) is 11.3 Å². The van der Waals surface area contributed by atoms with Gasteiger partial charge in [-0.1, -0.05) is 18.6 Å². The molecule has 2 aliphatic rings. The van der Waals surface area contributed by atoms with Gasteiger partial charge in [-0.25, -0.2) is 0 Å². The molecule has 5 heteroatoms. The highest BCUT2D eigenvalue weighted by molar-refractivity contribution is 5.82. The summed E-state index contributed by atoms with van der Waals surface area (Å²) in [5.41, 5.74) is 1.83. The molecule has 2 aliphatic heterocycles. The van der Waals surface area contributed by atoms with Gasteiger partial charge in [-0.2, -0.15) is 5.26 Å². The van der Waals surface area contributed by atoms with E-state index in [1.54, 1.807) is 0 Å². The van der Waals surface area contributed by atoms with Crippen LogP contribution in [-0.2, 0) is 16.1 Å². The molecule has 0 aliphatic carbocycles. The van der Waals surface area contributed by atoms with Crippen LogP contribution in [0.2, 0.25) is 0 Å². The van der Waals surface area contributed by atoms with E-state index in [0.29, 0.717) is 31.9 Å². The fourth-order valence-electron chi connectivity index (χ4n) is 3.37. The number of carbonyl (C=O) groups excluding carboxylic acids is 1. The topological polar surface area (TPSA) is 56.6 Å². The number of amides is 1. The van der Waals surface area contributed by atoms with E-state index in [0.717, 1.165) is 37.9 Å². The number of carbonyl (C=O) groups is 1. The van der Waals surface area contributed by atoms with Crippen LogP contribution < -0.4 is 0 Å². The predicted octanol–water partition coefficient (Wildman–Crippen LogP) is 1.77. The second kappa shape index (κ2) is 7.58. The van der Waals surface area contributed by atoms with E-state index in [4.69, 9.17) is 10.00 Å². The highest BCUT2D eigenvalue weighted by atomic mass is 16.5. The Balaban J connectivity index is 1.67. The zero-order valence-corrected chi connectivity index (χ0v) is 13.4. The fraction of sp³-hybridized carbons (Fsp3) is 0.556. The van der Waals surface area contributed by atoms with Gasteiger partial charge in [0.05, 0.1) is 30.9 Å². The number of rotatable bonds is 3. The van der Waals surface area contributed by atoms with Crippen molar-refractivity contribution in [2.75, 3.05) is 32.8 Å². The maximum absolute atomic E-state index is 12.8. The minimum absolute atomic E-state index is 0.0162. The average molecular weight is 313 g/mol. The van der Waals surface area contributed by atoms with Gasteiger partial charge in [0, 0.05) is 19.6 Å². The average Bonchev–Trinajstić information content (AvgIpc) is 2.63. The van der Waals surface area contributed by atoms with E-state index in [2.05, 4.69) is 11.0 Å². The Labute approximate surface area is 137 Å². The van der Waals surface area contributed by atoms with Gasteiger partial charge in [0.1, 0.15) is 0 Å². The number of nitrogens with zero attached hydrogens (tertiary/aromatic N) is 3. The molecular formula is C18H23N3O2. The number of nitriles is 1. The van der Waals surface area contributed by atoms with Gasteiger partial charge in [-0.15, -0.1) is 0 Å². The Hall–Kier alpha value is -1.90. The number of hydrogen-bond acceptors (Lipinski definition) is 4. The van der Waals surface area contributed by atoms with Gasteiger partial charge in [-0.05, 0) is 37.1 Å². The van der Waals surface area contributed by atoms with E-state index in [1.165, 1.54) is 0 Å². The molecule has 1 aromatic rings. The van der Waals surface area contributed by atoms with Gasteiger partial charge >= 0.3 is 0 Å². The summed E-state index contributed by atoms with van der Waals surface area (Å²) in [6.45, 7) is 4.44. The van der Waals surface area contributed by atoms with Crippen LogP contribution in [0.15, 0.2) is 24.3 Å². The number of morpholine rings is 1. The quantitative estimate of drug-likeness (QED) is 0.853. The Bertz CT molecular complexity index is 573. The Morgan fingerprint density at radius 1 is 1.17 bits per heavy atom. The minimum Gasteiger partial charge on any atom is -0.378 e. The van der Waals surface area contributed by atoms with Gasteiger partial charge in [0.15, 0.2) is 0 Å². The molecule has 0 N–H and O–H groups in total. The molecule has 0 unspecified atom stereocenters. The Kier molecular flexibility index (Phi) is 5.27. The summed E-state index contributed by atoms with van der Waals surface area (Å²) >= 11 is 0. The van der Waals surface area contributed by atoms with Gasteiger partial charge in [0.2, 0.25) is 5.91 Å². The third-order valence-electron chi connectivity index (χ3n) is 4.69. The summed E-state index contributed by atoms with van der Waals surface area (Å²) in [6.07, 6.45) is 3.19. The number of ether oxygens (including phenoxy) is 1. The molecular weight excluding hydrogens is 290 g/mol. The van der Waals surface area contributed by atoms with Gasteiger partial charge in [-0.3, -0.25) is 9.69 Å². The van der Waals surface area contributed by atoms with Crippen LogP contribution in [0.1, 0.15) is 30.4 Å². The first-order chi connectivity index (χ1) is 11.3. The maximum Gasteiger partial charge on any atom is 0.240 e. The lowest BCUT2D eigenvalue weighted by Gasteiger charge is -2.38. The lowest BCUT2D eigenvalue weighted by atomic mass is 9.99. The molecule has 3 rings (SSSR count). The molecule has 0 spiro atoms. The summed E-state index contributed by atoms with van der Waals surface area (Å²) in [5.74, 6) is 0.252. The standard InChI is InChI=1S/C18H23N3O2/c19-13-15-4-6-16(7-5-15)14-21-8-2-1-3-17(21)18(22)20-9-11-23-12-10-20/h4-7,17H,1-3,8-12,14H2/t17-/m0/s1. The number of hydrogen-bond donors (Lipinski definition) is 0. The molecule has 0 aromatic heterocycles. The zero-order chi connectivity index (χ0) is 16.1. The number of likely N-dealkylation sites (tertiary alicyclic amines) is 1. The molecule has 0 radical (unpaired) electrons. The normalized spacial score (nSPS) is 22.6. The van der Waals surface area contributed by atoms with Crippen molar-refractivity contribution < 1.29 is 9.53 Å². The third-order valence-corrected chi connectivity index (χ3v) is 4.69. The molecule has 0 bridgehead atoms. The first-order valence-electron chi connectivity index (χ1n) is 8.37. The summed E-state index contributed by atoms with van der Waals surface area (Å²) < 4.78 is 5.35. The molecule has 5 nitrogen and oxygen atoms in total. The number of piperidine rings is 1. The van der Waals surface area contributed by atoms with Crippen LogP contribution in [-0.4, -0.2) is 54.6 Å². The van der Waals surface area contributed by atoms with Crippen molar-refractivity contribution in [1.82, 2.24) is 9.80 Å². The van der Waals surface area contributed by atoms with Crippen molar-refractivity contribution in [2.24, 2.45) is 0 Å². The zero-order valence-electron chi connectivity index (χ0n) is 13.4. The maximum atomic E-state index is 12.8. The van der Waals surface area contributed by atoms with Gasteiger partial charge in [0.25, 0.3) is 0 Å². The molecule has 1 atom stereocenters. The fourth-order valence-corrected chi connectivity index (χ4v) is 3.37. The largest absolute Gasteiger partial charge is 0.378 e. The van der Waals surface area contributed by atoms with Crippen LogP contribution >= 0.6 is 0 Å². The highest BCUT2D eigenvalue weighted by Crippen LogP contribution is 2.22. The summed E-state index contributed by atoms with van der Waals surface area (Å²) in [5, 5.41) is 8.89. The van der Waals surface area contributed by atoms with Crippen molar-refractivity contribution in [3.8, 4) is 6.07 Å². The van der Waals surface area contributed by atoms with E-state index in [1.807, 2.05) is 29.2 Å². The Morgan fingerprint density at radius 2 is 1.91 bits per heavy atom. The minimum atomic E-state index is -0.0162. The molecule has 2 heterocycles. The van der Waals surface area contributed by atoms with Crippen molar-refractivity contribution >= 4 is 5.91 Å². The Morgan fingerprint density at radius 3 is 2.61 bits per heavy atom. The molecule has 1 amide bonds. The van der Waals surface area contributed by atoms with E-state index in [-0.39, 0.29) is 11.9 Å². The van der Waals surface area contributed by atoms with Gasteiger partial charge < -0.3 is 9.64 Å². The molecule has 1 aromatic carbocycles. The first kappa shape index (κ1) is 16.0. The summed E-state index contributed by atoms with van der Waals surface area (Å²) in [6, 6.07) is 9.80.